The number of ether oxygens (including phenoxy) is 1. The summed E-state index contributed by atoms with van der Waals surface area (Å²) in [6.45, 7) is 6.08. The van der Waals surface area contributed by atoms with Gasteiger partial charge in [-0.2, -0.15) is 10.2 Å². The van der Waals surface area contributed by atoms with Crippen LogP contribution in [0.3, 0.4) is 0 Å². The molecule has 162 valence electrons. The lowest BCUT2D eigenvalue weighted by atomic mass is 10.2. The number of aryl methyl sites for hydroxylation is 4. The van der Waals surface area contributed by atoms with E-state index in [-0.39, 0.29) is 5.69 Å². The molecule has 0 radical (unpaired) electrons. The second-order valence-electron chi connectivity index (χ2n) is 7.40. The first kappa shape index (κ1) is 20.7. The Morgan fingerprint density at radius 2 is 2.06 bits per heavy atom. The maximum atomic E-state index is 11.9. The minimum absolute atomic E-state index is 0.179. The number of nitrogens with two attached hydrogens (primary N) is 1. The maximum Gasteiger partial charge on any atom is 0.267 e. The van der Waals surface area contributed by atoms with Gasteiger partial charge in [-0.1, -0.05) is 0 Å². The largest absolute Gasteiger partial charge is 0.385 e. The third-order valence-electron chi connectivity index (χ3n) is 5.21. The summed E-state index contributed by atoms with van der Waals surface area (Å²) in [5.74, 6) is 0.0620. The van der Waals surface area contributed by atoms with Crippen LogP contribution in [0.4, 0.5) is 0 Å². The van der Waals surface area contributed by atoms with Crippen molar-refractivity contribution in [2.75, 3.05) is 13.7 Å². The van der Waals surface area contributed by atoms with Crippen molar-refractivity contribution in [2.24, 2.45) is 12.8 Å². The van der Waals surface area contributed by atoms with Gasteiger partial charge in [-0.05, 0) is 32.4 Å². The lowest BCUT2D eigenvalue weighted by Crippen LogP contribution is -2.14. The minimum atomic E-state index is -0.592. The number of carbonyl (C=O) groups is 1. The molecule has 0 aromatic carbocycles. The van der Waals surface area contributed by atoms with Gasteiger partial charge in [0.25, 0.3) is 5.91 Å². The van der Waals surface area contributed by atoms with Gasteiger partial charge in [0, 0.05) is 45.4 Å². The molecule has 31 heavy (non-hydrogen) atoms. The van der Waals surface area contributed by atoms with Gasteiger partial charge in [0.15, 0.2) is 5.82 Å². The summed E-state index contributed by atoms with van der Waals surface area (Å²) < 4.78 is 10.8. The maximum absolute atomic E-state index is 11.9. The van der Waals surface area contributed by atoms with E-state index in [0.717, 1.165) is 41.0 Å². The highest BCUT2D eigenvalue weighted by Crippen LogP contribution is 2.30. The number of carbonyl (C=O) groups excluding carboxylic acids is 1. The van der Waals surface area contributed by atoms with E-state index in [1.165, 1.54) is 0 Å². The van der Waals surface area contributed by atoms with Crippen LogP contribution in [0.25, 0.3) is 33.8 Å². The predicted molar refractivity (Wildman–Crippen MR) is 116 cm³/mol. The highest BCUT2D eigenvalue weighted by molar-refractivity contribution is 5.99. The fraction of sp³-hybridized carbons (Fsp3) is 0.381. The minimum Gasteiger partial charge on any atom is -0.385 e. The molecule has 0 saturated heterocycles. The summed E-state index contributed by atoms with van der Waals surface area (Å²) in [5.41, 5.74) is 9.70. The van der Waals surface area contributed by atoms with E-state index in [1.807, 2.05) is 42.4 Å². The van der Waals surface area contributed by atoms with Crippen molar-refractivity contribution in [1.29, 1.82) is 0 Å². The monoisotopic (exact) mass is 422 g/mol. The molecule has 0 unspecified atom stereocenters. The van der Waals surface area contributed by atoms with Crippen molar-refractivity contribution in [2.45, 2.75) is 33.4 Å². The van der Waals surface area contributed by atoms with Gasteiger partial charge in [0.2, 0.25) is 0 Å². The average molecular weight is 422 g/mol. The molecule has 0 aliphatic carbocycles. The summed E-state index contributed by atoms with van der Waals surface area (Å²) in [4.78, 5) is 21.3. The van der Waals surface area contributed by atoms with Crippen LogP contribution >= 0.6 is 0 Å². The zero-order chi connectivity index (χ0) is 22.1. The summed E-state index contributed by atoms with van der Waals surface area (Å²) in [6, 6.07) is 3.67. The number of aromatic nitrogens is 7. The lowest BCUT2D eigenvalue weighted by Gasteiger charge is -2.07. The standard InChI is InChI=1S/C21H26N8O2/c1-5-28-12-16(18-9-13(2)26-29(18)7-6-8-31-4)25-21(28)19-14-11-23-27(3)17(14)10-15(24-19)20(22)30/h9-12H,5-8H2,1-4H3,(H2,22,30). The molecular formula is C21H26N8O2. The Morgan fingerprint density at radius 1 is 1.26 bits per heavy atom. The molecule has 4 heterocycles. The topological polar surface area (TPSA) is 119 Å². The average Bonchev–Trinajstić information content (AvgIpc) is 3.44. The molecule has 0 spiro atoms. The van der Waals surface area contributed by atoms with Crippen molar-refractivity contribution in [3.8, 4) is 22.9 Å². The van der Waals surface area contributed by atoms with Crippen LogP contribution in [-0.4, -0.2) is 53.7 Å². The van der Waals surface area contributed by atoms with E-state index in [2.05, 4.69) is 15.2 Å². The molecule has 0 aliphatic rings. The molecule has 4 aromatic rings. The first-order valence-electron chi connectivity index (χ1n) is 10.2. The van der Waals surface area contributed by atoms with E-state index in [1.54, 1.807) is 24.1 Å². The molecule has 4 rings (SSSR count). The van der Waals surface area contributed by atoms with Crippen molar-refractivity contribution < 1.29 is 9.53 Å². The van der Waals surface area contributed by atoms with Gasteiger partial charge in [-0.25, -0.2) is 9.97 Å². The predicted octanol–water partition coefficient (Wildman–Crippen LogP) is 2.16. The fourth-order valence-corrected chi connectivity index (χ4v) is 3.69. The number of pyridine rings is 1. The second kappa shape index (κ2) is 8.31. The smallest absolute Gasteiger partial charge is 0.267 e. The van der Waals surface area contributed by atoms with E-state index in [4.69, 9.17) is 15.5 Å². The number of imidazole rings is 1. The van der Waals surface area contributed by atoms with Gasteiger partial charge in [-0.15, -0.1) is 0 Å². The molecule has 1 amide bonds. The molecule has 0 fully saturated rings. The molecule has 10 nitrogen and oxygen atoms in total. The number of fused-ring (bicyclic) bond motifs is 1. The van der Waals surface area contributed by atoms with Crippen LogP contribution in [0, 0.1) is 6.92 Å². The molecule has 0 bridgehead atoms. The van der Waals surface area contributed by atoms with E-state index >= 15 is 0 Å². The first-order chi connectivity index (χ1) is 14.9. The zero-order valence-corrected chi connectivity index (χ0v) is 18.2. The second-order valence-corrected chi connectivity index (χ2v) is 7.40. The van der Waals surface area contributed by atoms with Crippen LogP contribution in [-0.2, 0) is 24.9 Å². The number of hydrogen-bond acceptors (Lipinski definition) is 6. The lowest BCUT2D eigenvalue weighted by molar-refractivity contribution is 0.0996. The van der Waals surface area contributed by atoms with Crippen LogP contribution in [0.2, 0.25) is 0 Å². The summed E-state index contributed by atoms with van der Waals surface area (Å²) in [5, 5.41) is 9.74. The Bertz CT molecular complexity index is 1250. The number of hydrogen-bond donors (Lipinski definition) is 1. The Labute approximate surface area is 179 Å². The number of amides is 1. The SMILES string of the molecule is CCn1cc(-c2cc(C)nn2CCCOC)nc1-c1nc(C(N)=O)cc2c1cnn2C. The molecule has 10 heteroatoms. The Balaban J connectivity index is 1.86. The van der Waals surface area contributed by atoms with Gasteiger partial charge < -0.3 is 15.0 Å². The molecule has 2 N–H and O–H groups in total. The number of nitrogens with zero attached hydrogens (tertiary/aromatic N) is 7. The third-order valence-corrected chi connectivity index (χ3v) is 5.21. The molecule has 0 saturated carbocycles. The Hall–Kier alpha value is -3.53. The van der Waals surface area contributed by atoms with Crippen LogP contribution < -0.4 is 5.73 Å². The summed E-state index contributed by atoms with van der Waals surface area (Å²) in [6.07, 6.45) is 4.57. The molecule has 0 aliphatic heterocycles. The summed E-state index contributed by atoms with van der Waals surface area (Å²) >= 11 is 0. The van der Waals surface area contributed by atoms with Crippen LogP contribution in [0.15, 0.2) is 24.5 Å². The molecular weight excluding hydrogens is 396 g/mol. The van der Waals surface area contributed by atoms with Crippen molar-refractivity contribution in [3.05, 3.63) is 35.9 Å². The van der Waals surface area contributed by atoms with Crippen molar-refractivity contribution in [1.82, 2.24) is 34.1 Å². The molecule has 0 atom stereocenters. The van der Waals surface area contributed by atoms with Crippen LogP contribution in [0.1, 0.15) is 29.5 Å². The van der Waals surface area contributed by atoms with Gasteiger partial charge >= 0.3 is 0 Å². The summed E-state index contributed by atoms with van der Waals surface area (Å²) in [7, 11) is 3.51. The Kier molecular flexibility index (Phi) is 5.55. The fourth-order valence-electron chi connectivity index (χ4n) is 3.69. The van der Waals surface area contributed by atoms with Crippen LogP contribution in [0.5, 0.6) is 0 Å². The number of primary amides is 1. The van der Waals surface area contributed by atoms with Crippen molar-refractivity contribution in [3.63, 3.8) is 0 Å². The highest BCUT2D eigenvalue weighted by atomic mass is 16.5. The van der Waals surface area contributed by atoms with Crippen molar-refractivity contribution >= 4 is 16.8 Å². The van der Waals surface area contributed by atoms with E-state index < -0.39 is 5.91 Å². The van der Waals surface area contributed by atoms with E-state index in [0.29, 0.717) is 24.7 Å². The zero-order valence-electron chi connectivity index (χ0n) is 18.2. The Morgan fingerprint density at radius 3 is 2.77 bits per heavy atom. The van der Waals surface area contributed by atoms with Gasteiger partial charge in [-0.3, -0.25) is 14.2 Å². The van der Waals surface area contributed by atoms with Gasteiger partial charge in [0.05, 0.1) is 23.1 Å². The third kappa shape index (κ3) is 3.81. The normalized spacial score (nSPS) is 11.5. The number of rotatable bonds is 8. The first-order valence-corrected chi connectivity index (χ1v) is 10.2. The molecule has 4 aromatic heterocycles. The highest BCUT2D eigenvalue weighted by Gasteiger charge is 2.21. The van der Waals surface area contributed by atoms with Gasteiger partial charge in [0.1, 0.15) is 17.1 Å². The number of methoxy groups -OCH3 is 1. The van der Waals surface area contributed by atoms with E-state index in [9.17, 15) is 4.79 Å². The quantitative estimate of drug-likeness (QED) is 0.435.